The van der Waals surface area contributed by atoms with E-state index in [1.54, 1.807) is 24.3 Å². The molecule has 1 saturated carbocycles. The van der Waals surface area contributed by atoms with Gasteiger partial charge in [0.15, 0.2) is 0 Å². The van der Waals surface area contributed by atoms with Crippen molar-refractivity contribution in [2.75, 3.05) is 10.6 Å². The number of amides is 2. The number of aryl methyl sites for hydroxylation is 1. The Balaban J connectivity index is 1.71. The zero-order chi connectivity index (χ0) is 17.3. The van der Waals surface area contributed by atoms with Crippen LogP contribution in [0.2, 0.25) is 5.02 Å². The molecular weight excluding hydrogens is 331 g/mol. The molecular formula is C18H16ClFN2O2. The van der Waals surface area contributed by atoms with E-state index in [1.165, 1.54) is 18.2 Å². The van der Waals surface area contributed by atoms with Crippen LogP contribution in [0.15, 0.2) is 42.5 Å². The first-order valence-electron chi connectivity index (χ1n) is 7.55. The average molecular weight is 347 g/mol. The second-order valence-corrected chi connectivity index (χ2v) is 6.37. The van der Waals surface area contributed by atoms with E-state index in [0.717, 1.165) is 5.56 Å². The van der Waals surface area contributed by atoms with Crippen LogP contribution in [0.3, 0.4) is 0 Å². The third kappa shape index (κ3) is 3.26. The number of nitrogens with one attached hydrogen (secondary N) is 2. The molecule has 0 bridgehead atoms. The Morgan fingerprint density at radius 1 is 1.04 bits per heavy atom. The smallest absolute Gasteiger partial charge is 0.240 e. The highest BCUT2D eigenvalue weighted by atomic mass is 35.5. The van der Waals surface area contributed by atoms with Gasteiger partial charge in [-0.2, -0.15) is 0 Å². The summed E-state index contributed by atoms with van der Waals surface area (Å²) >= 11 is 6.05. The second kappa shape index (κ2) is 6.24. The fourth-order valence-electron chi connectivity index (χ4n) is 2.42. The van der Waals surface area contributed by atoms with Gasteiger partial charge < -0.3 is 10.6 Å². The summed E-state index contributed by atoms with van der Waals surface area (Å²) in [6.45, 7) is 1.86. The molecule has 0 unspecified atom stereocenters. The quantitative estimate of drug-likeness (QED) is 0.817. The zero-order valence-electron chi connectivity index (χ0n) is 13.0. The highest BCUT2D eigenvalue weighted by Gasteiger charge is 2.56. The third-order valence-corrected chi connectivity index (χ3v) is 4.54. The molecule has 0 aromatic heterocycles. The van der Waals surface area contributed by atoms with Gasteiger partial charge in [0.1, 0.15) is 11.2 Å². The van der Waals surface area contributed by atoms with Gasteiger partial charge >= 0.3 is 0 Å². The van der Waals surface area contributed by atoms with Crippen LogP contribution < -0.4 is 10.6 Å². The lowest BCUT2D eigenvalue weighted by Crippen LogP contribution is -2.35. The first kappa shape index (κ1) is 16.5. The Bertz CT molecular complexity index is 818. The van der Waals surface area contributed by atoms with Crippen molar-refractivity contribution >= 4 is 34.8 Å². The van der Waals surface area contributed by atoms with Crippen LogP contribution in [0.4, 0.5) is 15.8 Å². The molecule has 1 aliphatic rings. The number of carbonyl (C=O) groups excluding carboxylic acids is 2. The summed E-state index contributed by atoms with van der Waals surface area (Å²) in [7, 11) is 0. The van der Waals surface area contributed by atoms with E-state index in [2.05, 4.69) is 10.6 Å². The van der Waals surface area contributed by atoms with E-state index in [-0.39, 0.29) is 5.91 Å². The molecule has 0 aliphatic heterocycles. The molecule has 2 aromatic rings. The summed E-state index contributed by atoms with van der Waals surface area (Å²) in [6.07, 6.45) is 0.916. The first-order chi connectivity index (χ1) is 11.4. The number of halogens is 2. The van der Waals surface area contributed by atoms with Gasteiger partial charge in [0.2, 0.25) is 11.8 Å². The number of hydrogen-bond acceptors (Lipinski definition) is 2. The van der Waals surface area contributed by atoms with Crippen molar-refractivity contribution in [1.82, 2.24) is 0 Å². The molecule has 2 aromatic carbocycles. The molecule has 4 nitrogen and oxygen atoms in total. The number of hydrogen-bond donors (Lipinski definition) is 2. The maximum absolute atomic E-state index is 13.2. The van der Waals surface area contributed by atoms with Crippen molar-refractivity contribution in [1.29, 1.82) is 0 Å². The molecule has 0 radical (unpaired) electrons. The molecule has 0 saturated heterocycles. The standard InChI is InChI=1S/C18H16ClFN2O2/c1-11-5-6-14(10-15(11)19)22-17(24)18(7-8-18)16(23)21-13-4-2-3-12(20)9-13/h2-6,9-10H,7-8H2,1H3,(H,21,23)(H,22,24). The average Bonchev–Trinajstić information content (AvgIpc) is 3.33. The lowest BCUT2D eigenvalue weighted by atomic mass is 10.0. The van der Waals surface area contributed by atoms with Gasteiger partial charge in [-0.15, -0.1) is 0 Å². The van der Waals surface area contributed by atoms with Crippen LogP contribution in [0, 0.1) is 18.2 Å². The van der Waals surface area contributed by atoms with Crippen LogP contribution in [0.5, 0.6) is 0 Å². The van der Waals surface area contributed by atoms with Gasteiger partial charge in [0, 0.05) is 16.4 Å². The van der Waals surface area contributed by atoms with Gasteiger partial charge in [0.25, 0.3) is 0 Å². The fraction of sp³-hybridized carbons (Fsp3) is 0.222. The minimum Gasteiger partial charge on any atom is -0.325 e. The first-order valence-corrected chi connectivity index (χ1v) is 7.93. The summed E-state index contributed by atoms with van der Waals surface area (Å²) < 4.78 is 13.2. The van der Waals surface area contributed by atoms with Crippen molar-refractivity contribution in [2.45, 2.75) is 19.8 Å². The molecule has 124 valence electrons. The highest BCUT2D eigenvalue weighted by Crippen LogP contribution is 2.47. The van der Waals surface area contributed by atoms with Crippen LogP contribution in [-0.2, 0) is 9.59 Å². The maximum atomic E-state index is 13.2. The lowest BCUT2D eigenvalue weighted by Gasteiger charge is -2.16. The van der Waals surface area contributed by atoms with E-state index >= 15 is 0 Å². The molecule has 24 heavy (non-hydrogen) atoms. The van der Waals surface area contributed by atoms with Crippen LogP contribution in [0.1, 0.15) is 18.4 Å². The molecule has 0 spiro atoms. The zero-order valence-corrected chi connectivity index (χ0v) is 13.8. The predicted octanol–water partition coefficient (Wildman–Crippen LogP) is 4.14. The van der Waals surface area contributed by atoms with E-state index in [9.17, 15) is 14.0 Å². The van der Waals surface area contributed by atoms with E-state index in [0.29, 0.717) is 29.2 Å². The monoisotopic (exact) mass is 346 g/mol. The SMILES string of the molecule is Cc1ccc(NC(=O)C2(C(=O)Nc3cccc(F)c3)CC2)cc1Cl. The largest absolute Gasteiger partial charge is 0.325 e. The molecule has 0 atom stereocenters. The van der Waals surface area contributed by atoms with Gasteiger partial charge in [-0.25, -0.2) is 4.39 Å². The number of anilines is 2. The Hall–Kier alpha value is -2.40. The summed E-state index contributed by atoms with van der Waals surface area (Å²) in [4.78, 5) is 24.9. The van der Waals surface area contributed by atoms with Crippen molar-refractivity contribution in [3.63, 3.8) is 0 Å². The molecule has 3 rings (SSSR count). The summed E-state index contributed by atoms with van der Waals surface area (Å²) in [5.74, 6) is -1.25. The van der Waals surface area contributed by atoms with Crippen LogP contribution in [-0.4, -0.2) is 11.8 Å². The summed E-state index contributed by atoms with van der Waals surface area (Å²) in [6, 6.07) is 10.8. The molecule has 1 fully saturated rings. The molecule has 1 aliphatic carbocycles. The van der Waals surface area contributed by atoms with Gasteiger partial charge in [-0.1, -0.05) is 23.7 Å². The Labute approximate surface area is 144 Å². The van der Waals surface area contributed by atoms with Gasteiger partial charge in [-0.3, -0.25) is 9.59 Å². The lowest BCUT2D eigenvalue weighted by molar-refractivity contribution is -0.131. The molecule has 0 heterocycles. The predicted molar refractivity (Wildman–Crippen MR) is 91.5 cm³/mol. The number of carbonyl (C=O) groups is 2. The minimum atomic E-state index is -1.11. The van der Waals surface area contributed by atoms with Crippen molar-refractivity contribution < 1.29 is 14.0 Å². The third-order valence-electron chi connectivity index (χ3n) is 4.13. The molecule has 2 N–H and O–H groups in total. The van der Waals surface area contributed by atoms with E-state index in [4.69, 9.17) is 11.6 Å². The maximum Gasteiger partial charge on any atom is 0.240 e. The summed E-state index contributed by atoms with van der Waals surface area (Å²) in [5, 5.41) is 5.88. The molecule has 2 amide bonds. The van der Waals surface area contributed by atoms with Crippen molar-refractivity contribution in [3.8, 4) is 0 Å². The second-order valence-electron chi connectivity index (χ2n) is 5.96. The van der Waals surface area contributed by atoms with Crippen molar-refractivity contribution in [3.05, 3.63) is 58.9 Å². The van der Waals surface area contributed by atoms with Crippen LogP contribution >= 0.6 is 11.6 Å². The number of rotatable bonds is 4. The van der Waals surface area contributed by atoms with E-state index < -0.39 is 17.1 Å². The number of benzene rings is 2. The van der Waals surface area contributed by atoms with Gasteiger partial charge in [0.05, 0.1) is 0 Å². The van der Waals surface area contributed by atoms with Crippen molar-refractivity contribution in [2.24, 2.45) is 5.41 Å². The van der Waals surface area contributed by atoms with E-state index in [1.807, 2.05) is 6.92 Å². The Morgan fingerprint density at radius 2 is 1.67 bits per heavy atom. The minimum absolute atomic E-state index is 0.331. The van der Waals surface area contributed by atoms with Gasteiger partial charge in [-0.05, 0) is 55.7 Å². The highest BCUT2D eigenvalue weighted by molar-refractivity contribution is 6.31. The summed E-state index contributed by atoms with van der Waals surface area (Å²) in [5.41, 5.74) is 0.668. The Kier molecular flexibility index (Phi) is 4.28. The normalized spacial score (nSPS) is 14.8. The fourth-order valence-corrected chi connectivity index (χ4v) is 2.60. The molecule has 6 heteroatoms. The topological polar surface area (TPSA) is 58.2 Å². The van der Waals surface area contributed by atoms with Crippen LogP contribution in [0.25, 0.3) is 0 Å². The Morgan fingerprint density at radius 3 is 2.21 bits per heavy atom.